The molecule has 29 heavy (non-hydrogen) atoms. The number of ketones is 1. The van der Waals surface area contributed by atoms with Gasteiger partial charge in [-0.15, -0.1) is 0 Å². The summed E-state index contributed by atoms with van der Waals surface area (Å²) in [5.41, 5.74) is 5.72. The summed E-state index contributed by atoms with van der Waals surface area (Å²) < 4.78 is 13.7. The minimum Gasteiger partial charge on any atom is -0.294 e. The highest BCUT2D eigenvalue weighted by Crippen LogP contribution is 2.53. The third-order valence-electron chi connectivity index (χ3n) is 6.39. The first kappa shape index (κ1) is 20.1. The predicted molar refractivity (Wildman–Crippen MR) is 113 cm³/mol. The smallest absolute Gasteiger partial charge is 0.160 e. The third-order valence-corrected chi connectivity index (χ3v) is 6.39. The number of Topliss-reactive ketones (excluding diaryl/α,β-unsaturated/α-hetero) is 1. The van der Waals surface area contributed by atoms with Gasteiger partial charge in [-0.25, -0.2) is 4.39 Å². The first-order valence-corrected chi connectivity index (χ1v) is 10.5. The number of allylic oxidation sites excluding steroid dienone is 2. The Balaban J connectivity index is 1.98. The number of hydrogen-bond acceptors (Lipinski definition) is 2. The molecule has 1 aromatic heterocycles. The van der Waals surface area contributed by atoms with Gasteiger partial charge in [-0.1, -0.05) is 52.3 Å². The SMILES string of the molecule is CC(C)(C)Cc1n[nH]c2c1[C@](C)(c1ccc(F)cc1)C1=C(C2)CC(C)(C)CC1=O. The molecule has 3 nitrogen and oxygen atoms in total. The Morgan fingerprint density at radius 1 is 1.10 bits per heavy atom. The van der Waals surface area contributed by atoms with Crippen LogP contribution in [0, 0.1) is 16.6 Å². The van der Waals surface area contributed by atoms with E-state index in [2.05, 4.69) is 46.6 Å². The highest BCUT2D eigenvalue weighted by molar-refractivity contribution is 6.01. The standard InChI is InChI=1S/C25H31FN2O/c1-23(2,3)13-19-22-18(27-28-19)11-15-12-24(4,5)14-20(29)21(15)25(22,6)16-7-9-17(26)10-8-16/h7-10H,11-14H2,1-6H3,(H,27,28)/t25-/m1/s1. The van der Waals surface area contributed by atoms with Crippen LogP contribution in [0.25, 0.3) is 0 Å². The van der Waals surface area contributed by atoms with Gasteiger partial charge in [-0.2, -0.15) is 5.10 Å². The van der Waals surface area contributed by atoms with Crippen molar-refractivity contribution in [2.24, 2.45) is 10.8 Å². The van der Waals surface area contributed by atoms with E-state index in [4.69, 9.17) is 5.10 Å². The zero-order valence-corrected chi connectivity index (χ0v) is 18.4. The number of nitrogens with zero attached hydrogens (tertiary/aromatic N) is 1. The molecule has 0 fully saturated rings. The van der Waals surface area contributed by atoms with Gasteiger partial charge in [0.05, 0.1) is 5.69 Å². The number of halogens is 1. The van der Waals surface area contributed by atoms with Crippen LogP contribution in [-0.4, -0.2) is 16.0 Å². The van der Waals surface area contributed by atoms with Crippen molar-refractivity contribution in [1.29, 1.82) is 0 Å². The summed E-state index contributed by atoms with van der Waals surface area (Å²) in [7, 11) is 0. The average molecular weight is 395 g/mol. The van der Waals surface area contributed by atoms with Crippen molar-refractivity contribution in [3.8, 4) is 0 Å². The van der Waals surface area contributed by atoms with Gasteiger partial charge in [0.15, 0.2) is 5.78 Å². The van der Waals surface area contributed by atoms with E-state index in [-0.39, 0.29) is 22.4 Å². The van der Waals surface area contributed by atoms with Gasteiger partial charge in [0.1, 0.15) is 5.82 Å². The second kappa shape index (κ2) is 6.38. The van der Waals surface area contributed by atoms with E-state index in [1.807, 2.05) is 12.1 Å². The minimum atomic E-state index is -0.613. The summed E-state index contributed by atoms with van der Waals surface area (Å²) in [5.74, 6) is -0.0440. The zero-order valence-electron chi connectivity index (χ0n) is 18.4. The molecule has 4 heteroatoms. The molecule has 2 aliphatic carbocycles. The second-order valence-corrected chi connectivity index (χ2v) is 11.0. The normalized spacial score (nSPS) is 23.8. The maximum atomic E-state index is 13.7. The van der Waals surface area contributed by atoms with Crippen molar-refractivity contribution in [3.63, 3.8) is 0 Å². The summed E-state index contributed by atoms with van der Waals surface area (Å²) in [4.78, 5) is 13.5. The zero-order chi connectivity index (χ0) is 21.2. The Hall–Kier alpha value is -2.23. The number of aromatic nitrogens is 2. The lowest BCUT2D eigenvalue weighted by molar-refractivity contribution is -0.118. The Morgan fingerprint density at radius 2 is 1.76 bits per heavy atom. The Labute approximate surface area is 172 Å². The molecule has 4 rings (SSSR count). The molecule has 2 aromatic rings. The molecule has 0 aliphatic heterocycles. The Morgan fingerprint density at radius 3 is 2.38 bits per heavy atom. The fourth-order valence-electron chi connectivity index (χ4n) is 5.41. The predicted octanol–water partition coefficient (Wildman–Crippen LogP) is 5.69. The number of carbonyl (C=O) groups is 1. The van der Waals surface area contributed by atoms with E-state index in [1.54, 1.807) is 0 Å². The molecular weight excluding hydrogens is 363 g/mol. The van der Waals surface area contributed by atoms with Gasteiger partial charge >= 0.3 is 0 Å². The summed E-state index contributed by atoms with van der Waals surface area (Å²) >= 11 is 0. The molecule has 0 radical (unpaired) electrons. The van der Waals surface area contributed by atoms with Crippen LogP contribution < -0.4 is 0 Å². The maximum Gasteiger partial charge on any atom is 0.160 e. The number of benzene rings is 1. The molecular formula is C25H31FN2O. The van der Waals surface area contributed by atoms with Crippen LogP contribution in [-0.2, 0) is 23.1 Å². The fraction of sp³-hybridized carbons (Fsp3) is 0.520. The van der Waals surface area contributed by atoms with Gasteiger partial charge < -0.3 is 0 Å². The second-order valence-electron chi connectivity index (χ2n) is 11.0. The van der Waals surface area contributed by atoms with Crippen LogP contribution >= 0.6 is 0 Å². The summed E-state index contributed by atoms with van der Waals surface area (Å²) in [6.45, 7) is 13.1. The van der Waals surface area contributed by atoms with E-state index in [0.717, 1.165) is 47.4 Å². The van der Waals surface area contributed by atoms with E-state index >= 15 is 0 Å². The van der Waals surface area contributed by atoms with Crippen molar-refractivity contribution < 1.29 is 9.18 Å². The lowest BCUT2D eigenvalue weighted by atomic mass is 9.58. The monoisotopic (exact) mass is 394 g/mol. The van der Waals surface area contributed by atoms with Crippen molar-refractivity contribution >= 4 is 5.78 Å². The largest absolute Gasteiger partial charge is 0.294 e. The number of H-pyrrole nitrogens is 1. The molecule has 1 atom stereocenters. The van der Waals surface area contributed by atoms with Crippen LogP contribution in [0.3, 0.4) is 0 Å². The van der Waals surface area contributed by atoms with E-state index in [1.165, 1.54) is 17.7 Å². The van der Waals surface area contributed by atoms with Crippen molar-refractivity contribution in [2.45, 2.75) is 72.6 Å². The molecule has 1 aromatic carbocycles. The quantitative estimate of drug-likeness (QED) is 0.712. The number of aromatic amines is 1. The van der Waals surface area contributed by atoms with Crippen LogP contribution in [0.1, 0.15) is 76.9 Å². The molecule has 1 N–H and O–H groups in total. The topological polar surface area (TPSA) is 45.8 Å². The van der Waals surface area contributed by atoms with Crippen molar-refractivity contribution in [1.82, 2.24) is 10.2 Å². The van der Waals surface area contributed by atoms with Crippen LogP contribution in [0.2, 0.25) is 0 Å². The average Bonchev–Trinajstić information content (AvgIpc) is 2.95. The first-order chi connectivity index (χ1) is 13.4. The molecule has 0 bridgehead atoms. The van der Waals surface area contributed by atoms with Gasteiger partial charge in [-0.05, 0) is 48.3 Å². The highest BCUT2D eigenvalue weighted by atomic mass is 19.1. The molecule has 1 heterocycles. The molecule has 2 aliphatic rings. The Bertz CT molecular complexity index is 1000. The molecule has 0 saturated heterocycles. The van der Waals surface area contributed by atoms with Gasteiger partial charge in [0, 0.05) is 35.1 Å². The van der Waals surface area contributed by atoms with Crippen molar-refractivity contribution in [2.75, 3.05) is 0 Å². The van der Waals surface area contributed by atoms with Crippen LogP contribution in [0.5, 0.6) is 0 Å². The number of hydrogen-bond donors (Lipinski definition) is 1. The Kier molecular flexibility index (Phi) is 4.42. The maximum absolute atomic E-state index is 13.7. The van der Waals surface area contributed by atoms with Crippen LogP contribution in [0.4, 0.5) is 4.39 Å². The lowest BCUT2D eigenvalue weighted by Gasteiger charge is -2.44. The molecule has 0 amide bonds. The van der Waals surface area contributed by atoms with Crippen LogP contribution in [0.15, 0.2) is 35.4 Å². The summed E-state index contributed by atoms with van der Waals surface area (Å²) in [5, 5.41) is 7.99. The van der Waals surface area contributed by atoms with E-state index < -0.39 is 5.41 Å². The van der Waals surface area contributed by atoms with Gasteiger partial charge in [-0.3, -0.25) is 9.89 Å². The molecule has 0 saturated carbocycles. The summed E-state index contributed by atoms with van der Waals surface area (Å²) in [6, 6.07) is 6.65. The fourth-order valence-corrected chi connectivity index (χ4v) is 5.41. The number of rotatable bonds is 2. The molecule has 154 valence electrons. The third kappa shape index (κ3) is 3.37. The number of carbonyl (C=O) groups excluding carboxylic acids is 1. The number of fused-ring (bicyclic) bond motifs is 1. The van der Waals surface area contributed by atoms with E-state index in [0.29, 0.717) is 6.42 Å². The van der Waals surface area contributed by atoms with Gasteiger partial charge in [0.25, 0.3) is 0 Å². The molecule has 0 unspecified atom stereocenters. The van der Waals surface area contributed by atoms with E-state index in [9.17, 15) is 9.18 Å². The van der Waals surface area contributed by atoms with Gasteiger partial charge in [0.2, 0.25) is 0 Å². The highest BCUT2D eigenvalue weighted by Gasteiger charge is 2.49. The minimum absolute atomic E-state index is 0.0363. The lowest BCUT2D eigenvalue weighted by Crippen LogP contribution is -2.41. The van der Waals surface area contributed by atoms with Crippen molar-refractivity contribution in [3.05, 3.63) is 63.7 Å². The summed E-state index contributed by atoms with van der Waals surface area (Å²) in [6.07, 6.45) is 3.01. The number of nitrogens with one attached hydrogen (secondary N) is 1. The molecule has 0 spiro atoms. The first-order valence-electron chi connectivity index (χ1n) is 10.5.